The Morgan fingerprint density at radius 3 is 2.71 bits per heavy atom. The Morgan fingerprint density at radius 2 is 1.96 bits per heavy atom. The fourth-order valence-corrected chi connectivity index (χ4v) is 7.12. The van der Waals surface area contributed by atoms with Gasteiger partial charge in [0.1, 0.15) is 0 Å². The van der Waals surface area contributed by atoms with Gasteiger partial charge in [-0.3, -0.25) is 4.79 Å². The molecular formula is C21H33NO2. The Kier molecular flexibility index (Phi) is 3.87. The average Bonchev–Trinajstić information content (AvgIpc) is 2.84. The van der Waals surface area contributed by atoms with Gasteiger partial charge in [-0.2, -0.15) is 0 Å². The summed E-state index contributed by atoms with van der Waals surface area (Å²) < 4.78 is 0. The van der Waals surface area contributed by atoms with Crippen molar-refractivity contribution in [2.75, 3.05) is 0 Å². The van der Waals surface area contributed by atoms with Crippen molar-refractivity contribution in [1.29, 1.82) is 0 Å². The predicted molar refractivity (Wildman–Crippen MR) is 95.3 cm³/mol. The number of fused-ring (bicyclic) bond motifs is 5. The second-order valence-corrected chi connectivity index (χ2v) is 9.53. The van der Waals surface area contributed by atoms with Crippen molar-refractivity contribution in [3.63, 3.8) is 0 Å². The highest BCUT2D eigenvalue weighted by molar-refractivity contribution is 5.73. The Bertz CT molecular complexity index is 570. The summed E-state index contributed by atoms with van der Waals surface area (Å²) in [6.45, 7) is 6.57. The Morgan fingerprint density at radius 1 is 1.17 bits per heavy atom. The number of nitrogens with one attached hydrogen (secondary N) is 1. The number of aliphatic hydroxyl groups excluding tert-OH is 1. The van der Waals surface area contributed by atoms with E-state index in [9.17, 15) is 9.90 Å². The second kappa shape index (κ2) is 5.59. The largest absolute Gasteiger partial charge is 0.393 e. The number of carbonyl (C=O) groups excluding carboxylic acids is 1. The molecule has 7 unspecified atom stereocenters. The van der Waals surface area contributed by atoms with E-state index >= 15 is 0 Å². The summed E-state index contributed by atoms with van der Waals surface area (Å²) in [5.41, 5.74) is 2.14. The van der Waals surface area contributed by atoms with Crippen molar-refractivity contribution in [3.8, 4) is 0 Å². The van der Waals surface area contributed by atoms with Gasteiger partial charge < -0.3 is 10.4 Å². The first-order valence-corrected chi connectivity index (χ1v) is 9.99. The molecule has 0 radical (unpaired) electrons. The molecule has 0 aliphatic heterocycles. The maximum atomic E-state index is 11.6. The van der Waals surface area contributed by atoms with Crippen LogP contribution in [0.4, 0.5) is 0 Å². The number of aliphatic hydroxyl groups is 1. The van der Waals surface area contributed by atoms with Crippen LogP contribution in [0.25, 0.3) is 0 Å². The van der Waals surface area contributed by atoms with Crippen LogP contribution in [0.2, 0.25) is 0 Å². The Hall–Kier alpha value is -0.830. The van der Waals surface area contributed by atoms with Crippen molar-refractivity contribution < 1.29 is 9.90 Å². The SMILES string of the molecule is CC(=O)NC1CCC2C3CC=C4CC(O)CCC4(C)C3CCC12C. The normalized spacial score (nSPS) is 50.3. The van der Waals surface area contributed by atoms with Crippen molar-refractivity contribution in [2.24, 2.45) is 28.6 Å². The lowest BCUT2D eigenvalue weighted by Crippen LogP contribution is -2.53. The minimum Gasteiger partial charge on any atom is -0.393 e. The monoisotopic (exact) mass is 331 g/mol. The first-order chi connectivity index (χ1) is 11.3. The molecule has 4 aliphatic carbocycles. The topological polar surface area (TPSA) is 49.3 Å². The molecule has 3 fully saturated rings. The molecule has 2 N–H and O–H groups in total. The van der Waals surface area contributed by atoms with E-state index in [1.54, 1.807) is 12.5 Å². The number of carbonyl (C=O) groups is 1. The highest BCUT2D eigenvalue weighted by atomic mass is 16.3. The van der Waals surface area contributed by atoms with Gasteiger partial charge in [-0.25, -0.2) is 0 Å². The van der Waals surface area contributed by atoms with E-state index in [-0.39, 0.29) is 17.4 Å². The highest BCUT2D eigenvalue weighted by Gasteiger charge is 2.58. The lowest BCUT2D eigenvalue weighted by Gasteiger charge is -2.58. The van der Waals surface area contributed by atoms with Crippen molar-refractivity contribution in [2.45, 2.75) is 84.3 Å². The number of hydrogen-bond acceptors (Lipinski definition) is 2. The summed E-state index contributed by atoms with van der Waals surface area (Å²) in [6.07, 6.45) is 11.5. The predicted octanol–water partition coefficient (Wildman–Crippen LogP) is 3.81. The summed E-state index contributed by atoms with van der Waals surface area (Å²) in [5.74, 6) is 2.42. The van der Waals surface area contributed by atoms with Crippen LogP contribution in [0.5, 0.6) is 0 Å². The Balaban J connectivity index is 1.62. The maximum absolute atomic E-state index is 11.6. The van der Waals surface area contributed by atoms with Gasteiger partial charge in [0, 0.05) is 13.0 Å². The third-order valence-corrected chi connectivity index (χ3v) is 8.46. The highest BCUT2D eigenvalue weighted by Crippen LogP contribution is 2.64. The van der Waals surface area contributed by atoms with E-state index in [4.69, 9.17) is 0 Å². The first kappa shape index (κ1) is 16.6. The van der Waals surface area contributed by atoms with E-state index in [2.05, 4.69) is 25.2 Å². The maximum Gasteiger partial charge on any atom is 0.217 e. The van der Waals surface area contributed by atoms with Gasteiger partial charge in [0.2, 0.25) is 5.91 Å². The molecule has 4 aliphatic rings. The van der Waals surface area contributed by atoms with E-state index in [1.165, 1.54) is 25.7 Å². The van der Waals surface area contributed by atoms with E-state index < -0.39 is 0 Å². The number of hydrogen-bond donors (Lipinski definition) is 2. The molecule has 4 rings (SSSR count). The molecule has 0 bridgehead atoms. The summed E-state index contributed by atoms with van der Waals surface area (Å²) in [6, 6.07) is 0.368. The zero-order valence-corrected chi connectivity index (χ0v) is 15.5. The average molecular weight is 332 g/mol. The molecule has 3 heteroatoms. The van der Waals surface area contributed by atoms with E-state index in [0.29, 0.717) is 11.5 Å². The quantitative estimate of drug-likeness (QED) is 0.718. The molecule has 0 aromatic heterocycles. The van der Waals surface area contributed by atoms with Crippen LogP contribution in [-0.4, -0.2) is 23.2 Å². The van der Waals surface area contributed by atoms with Gasteiger partial charge in [-0.15, -0.1) is 0 Å². The molecule has 3 saturated carbocycles. The standard InChI is InChI=1S/C21H33NO2/c1-13(23)22-19-7-6-17-16-5-4-14-12-15(24)8-10-20(14,2)18(16)9-11-21(17,19)3/h4,15-19,24H,5-12H2,1-3H3,(H,22,23). The number of allylic oxidation sites excluding steroid dienone is 1. The van der Waals surface area contributed by atoms with Gasteiger partial charge in [-0.1, -0.05) is 25.5 Å². The van der Waals surface area contributed by atoms with Gasteiger partial charge in [0.15, 0.2) is 0 Å². The third-order valence-electron chi connectivity index (χ3n) is 8.46. The van der Waals surface area contributed by atoms with Gasteiger partial charge in [-0.05, 0) is 80.0 Å². The fraction of sp³-hybridized carbons (Fsp3) is 0.857. The van der Waals surface area contributed by atoms with Crippen molar-refractivity contribution >= 4 is 5.91 Å². The molecule has 3 nitrogen and oxygen atoms in total. The molecule has 0 saturated heterocycles. The third kappa shape index (κ3) is 2.30. The van der Waals surface area contributed by atoms with Crippen LogP contribution >= 0.6 is 0 Å². The van der Waals surface area contributed by atoms with Crippen molar-refractivity contribution in [1.82, 2.24) is 5.32 Å². The van der Waals surface area contributed by atoms with E-state index in [1.807, 2.05) is 0 Å². The lowest BCUT2D eigenvalue weighted by atomic mass is 9.48. The molecule has 24 heavy (non-hydrogen) atoms. The minimum atomic E-state index is -0.120. The smallest absolute Gasteiger partial charge is 0.217 e. The minimum absolute atomic E-state index is 0.120. The van der Waals surface area contributed by atoms with Crippen LogP contribution in [-0.2, 0) is 4.79 Å². The van der Waals surface area contributed by atoms with E-state index in [0.717, 1.165) is 43.4 Å². The molecule has 134 valence electrons. The Labute approximate surface area is 146 Å². The van der Waals surface area contributed by atoms with Crippen LogP contribution in [0.3, 0.4) is 0 Å². The number of rotatable bonds is 1. The zero-order valence-electron chi connectivity index (χ0n) is 15.5. The summed E-state index contributed by atoms with van der Waals surface area (Å²) >= 11 is 0. The van der Waals surface area contributed by atoms with Crippen molar-refractivity contribution in [3.05, 3.63) is 11.6 Å². The van der Waals surface area contributed by atoms with Crippen LogP contribution < -0.4 is 5.32 Å². The van der Waals surface area contributed by atoms with Crippen LogP contribution in [0.15, 0.2) is 11.6 Å². The second-order valence-electron chi connectivity index (χ2n) is 9.53. The molecular weight excluding hydrogens is 298 g/mol. The molecule has 0 spiro atoms. The fourth-order valence-electron chi connectivity index (χ4n) is 7.12. The van der Waals surface area contributed by atoms with Gasteiger partial charge in [0.05, 0.1) is 6.10 Å². The molecule has 0 aromatic carbocycles. The lowest BCUT2D eigenvalue weighted by molar-refractivity contribution is -0.121. The molecule has 0 heterocycles. The zero-order chi connectivity index (χ0) is 17.1. The molecule has 0 aromatic rings. The number of amides is 1. The summed E-state index contributed by atoms with van der Waals surface area (Å²) in [7, 11) is 0. The molecule has 1 amide bonds. The van der Waals surface area contributed by atoms with Crippen LogP contribution in [0, 0.1) is 28.6 Å². The van der Waals surface area contributed by atoms with Gasteiger partial charge in [0.25, 0.3) is 0 Å². The van der Waals surface area contributed by atoms with Crippen LogP contribution in [0.1, 0.15) is 72.1 Å². The first-order valence-electron chi connectivity index (χ1n) is 9.99. The summed E-state index contributed by atoms with van der Waals surface area (Å²) in [5, 5.41) is 13.3. The van der Waals surface area contributed by atoms with Gasteiger partial charge >= 0.3 is 0 Å². The molecule has 7 atom stereocenters. The summed E-state index contributed by atoms with van der Waals surface area (Å²) in [4.78, 5) is 11.6.